The average molecular weight is 424 g/mol. The molecule has 0 spiro atoms. The van der Waals surface area contributed by atoms with Crippen LogP contribution in [0.15, 0.2) is 40.2 Å². The Hall–Kier alpha value is -3.86. The molecule has 0 aromatic carbocycles. The van der Waals surface area contributed by atoms with Crippen molar-refractivity contribution in [2.24, 2.45) is 0 Å². The standard InChI is InChI=1S/C19H16N6O4S/c1-9-13(18(27)22-8-12-21-7-11(29-2)17(26)23-12)14-15(30-9)19(28)25-16(24-14)10-5-3-4-6-20-10/h3-7H,8H2,1-2H3,(H,22,27)(H,21,23,26)(H,24,25,28). The van der Waals surface area contributed by atoms with Crippen LogP contribution in [-0.2, 0) is 6.54 Å². The largest absolute Gasteiger partial charge is 0.490 e. The lowest BCUT2D eigenvalue weighted by atomic mass is 10.2. The number of carbonyl (C=O) groups is 1. The highest BCUT2D eigenvalue weighted by atomic mass is 32.1. The minimum atomic E-state index is -0.442. The molecule has 152 valence electrons. The fraction of sp³-hybridized carbons (Fsp3) is 0.158. The molecule has 0 radical (unpaired) electrons. The van der Waals surface area contributed by atoms with Crippen molar-refractivity contribution in [3.8, 4) is 17.3 Å². The van der Waals surface area contributed by atoms with E-state index < -0.39 is 11.5 Å². The lowest BCUT2D eigenvalue weighted by Gasteiger charge is -2.06. The molecule has 30 heavy (non-hydrogen) atoms. The Morgan fingerprint density at radius 1 is 1.20 bits per heavy atom. The van der Waals surface area contributed by atoms with Gasteiger partial charge in [-0.05, 0) is 19.1 Å². The lowest BCUT2D eigenvalue weighted by molar-refractivity contribution is 0.0951. The first kappa shape index (κ1) is 19.5. The number of H-pyrrole nitrogens is 2. The number of hydrogen-bond acceptors (Lipinski definition) is 8. The monoisotopic (exact) mass is 424 g/mol. The number of ether oxygens (including phenoxy) is 1. The number of pyridine rings is 1. The van der Waals surface area contributed by atoms with Crippen molar-refractivity contribution in [3.05, 3.63) is 67.6 Å². The Morgan fingerprint density at radius 2 is 2.03 bits per heavy atom. The summed E-state index contributed by atoms with van der Waals surface area (Å²) < 4.78 is 5.22. The van der Waals surface area contributed by atoms with Crippen LogP contribution in [0.3, 0.4) is 0 Å². The van der Waals surface area contributed by atoms with Crippen LogP contribution in [-0.4, -0.2) is 37.9 Å². The van der Waals surface area contributed by atoms with Crippen molar-refractivity contribution < 1.29 is 9.53 Å². The van der Waals surface area contributed by atoms with E-state index in [1.54, 1.807) is 31.3 Å². The number of nitrogens with zero attached hydrogens (tertiary/aromatic N) is 3. The second kappa shape index (κ2) is 7.87. The predicted octanol–water partition coefficient (Wildman–Crippen LogP) is 1.38. The van der Waals surface area contributed by atoms with Gasteiger partial charge < -0.3 is 20.0 Å². The summed E-state index contributed by atoms with van der Waals surface area (Å²) in [4.78, 5) is 55.8. The van der Waals surface area contributed by atoms with Gasteiger partial charge in [0.1, 0.15) is 21.7 Å². The molecule has 4 rings (SSSR count). The fourth-order valence-electron chi connectivity index (χ4n) is 2.90. The Bertz CT molecular complexity index is 1360. The van der Waals surface area contributed by atoms with Crippen LogP contribution >= 0.6 is 11.3 Å². The fourth-order valence-corrected chi connectivity index (χ4v) is 3.88. The first-order valence-corrected chi connectivity index (χ1v) is 9.64. The second-order valence-corrected chi connectivity index (χ2v) is 7.48. The highest BCUT2D eigenvalue weighted by molar-refractivity contribution is 7.19. The van der Waals surface area contributed by atoms with Crippen LogP contribution in [0.1, 0.15) is 21.1 Å². The third-order valence-electron chi connectivity index (χ3n) is 4.31. The zero-order chi connectivity index (χ0) is 21.3. The molecule has 10 nitrogen and oxygen atoms in total. The number of amides is 1. The molecule has 4 aromatic rings. The number of hydrogen-bond donors (Lipinski definition) is 3. The maximum Gasteiger partial charge on any atom is 0.293 e. The molecular weight excluding hydrogens is 408 g/mol. The maximum absolute atomic E-state index is 12.9. The summed E-state index contributed by atoms with van der Waals surface area (Å²) in [5, 5.41) is 2.70. The molecule has 0 saturated carbocycles. The first-order valence-electron chi connectivity index (χ1n) is 8.83. The maximum atomic E-state index is 12.9. The van der Waals surface area contributed by atoms with Crippen molar-refractivity contribution in [2.75, 3.05) is 7.11 Å². The molecule has 0 fully saturated rings. The Labute approximate surface area is 173 Å². The SMILES string of the molecule is COc1cnc(CNC(=O)c2c(C)sc3c(=O)[nH]c(-c4ccccn4)nc23)[nH]c1=O. The summed E-state index contributed by atoms with van der Waals surface area (Å²) in [6, 6.07) is 5.25. The number of nitrogens with one attached hydrogen (secondary N) is 3. The van der Waals surface area contributed by atoms with E-state index in [-0.39, 0.29) is 29.5 Å². The molecule has 0 aliphatic heterocycles. The van der Waals surface area contributed by atoms with Gasteiger partial charge in [0.15, 0.2) is 5.82 Å². The van der Waals surface area contributed by atoms with Gasteiger partial charge in [0.05, 0.1) is 25.4 Å². The van der Waals surface area contributed by atoms with E-state index in [4.69, 9.17) is 4.74 Å². The summed E-state index contributed by atoms with van der Waals surface area (Å²) in [6.45, 7) is 1.74. The number of fused-ring (bicyclic) bond motifs is 1. The molecule has 0 aliphatic carbocycles. The summed E-state index contributed by atoms with van der Waals surface area (Å²) in [7, 11) is 1.37. The van der Waals surface area contributed by atoms with Crippen LogP contribution in [0, 0.1) is 6.92 Å². The van der Waals surface area contributed by atoms with Crippen molar-refractivity contribution >= 4 is 27.5 Å². The van der Waals surface area contributed by atoms with E-state index in [1.807, 2.05) is 0 Å². The molecule has 0 bridgehead atoms. The lowest BCUT2D eigenvalue weighted by Crippen LogP contribution is -2.26. The number of aromatic nitrogens is 5. The van der Waals surface area contributed by atoms with E-state index in [0.717, 1.165) is 0 Å². The zero-order valence-electron chi connectivity index (χ0n) is 16.0. The molecule has 1 amide bonds. The topological polar surface area (TPSA) is 143 Å². The molecule has 4 heterocycles. The number of methoxy groups -OCH3 is 1. The first-order chi connectivity index (χ1) is 14.5. The van der Waals surface area contributed by atoms with E-state index in [2.05, 4.69) is 30.2 Å². The quantitative estimate of drug-likeness (QED) is 0.439. The van der Waals surface area contributed by atoms with Gasteiger partial charge >= 0.3 is 0 Å². The summed E-state index contributed by atoms with van der Waals surface area (Å²) in [5.41, 5.74) is 0.313. The molecule has 0 unspecified atom stereocenters. The normalized spacial score (nSPS) is 10.9. The van der Waals surface area contributed by atoms with E-state index >= 15 is 0 Å². The minimum Gasteiger partial charge on any atom is -0.490 e. The summed E-state index contributed by atoms with van der Waals surface area (Å²) >= 11 is 1.19. The highest BCUT2D eigenvalue weighted by Crippen LogP contribution is 2.28. The third kappa shape index (κ3) is 3.57. The molecule has 4 aromatic heterocycles. The van der Waals surface area contributed by atoms with Crippen LogP contribution in [0.5, 0.6) is 5.75 Å². The Morgan fingerprint density at radius 3 is 2.73 bits per heavy atom. The van der Waals surface area contributed by atoms with Gasteiger partial charge in [-0.15, -0.1) is 11.3 Å². The summed E-state index contributed by atoms with van der Waals surface area (Å²) in [6.07, 6.45) is 2.88. The van der Waals surface area contributed by atoms with Gasteiger partial charge in [-0.25, -0.2) is 9.97 Å². The molecular formula is C19H16N6O4S. The van der Waals surface area contributed by atoms with Gasteiger partial charge in [-0.1, -0.05) is 6.07 Å². The number of carbonyl (C=O) groups excluding carboxylic acids is 1. The van der Waals surface area contributed by atoms with E-state index in [0.29, 0.717) is 26.4 Å². The third-order valence-corrected chi connectivity index (χ3v) is 5.40. The highest BCUT2D eigenvalue weighted by Gasteiger charge is 2.21. The predicted molar refractivity (Wildman–Crippen MR) is 111 cm³/mol. The van der Waals surface area contributed by atoms with Gasteiger partial charge in [0.2, 0.25) is 5.75 Å². The average Bonchev–Trinajstić information content (AvgIpc) is 3.09. The number of aryl methyl sites for hydroxylation is 1. The van der Waals surface area contributed by atoms with Crippen molar-refractivity contribution in [2.45, 2.75) is 13.5 Å². The number of rotatable bonds is 5. The molecule has 3 N–H and O–H groups in total. The van der Waals surface area contributed by atoms with E-state index in [1.165, 1.54) is 24.6 Å². The van der Waals surface area contributed by atoms with E-state index in [9.17, 15) is 14.4 Å². The molecule has 0 aliphatic rings. The number of aromatic amines is 2. The van der Waals surface area contributed by atoms with Gasteiger partial charge in [0, 0.05) is 11.1 Å². The van der Waals surface area contributed by atoms with Crippen LogP contribution in [0.4, 0.5) is 0 Å². The van der Waals surface area contributed by atoms with Gasteiger partial charge in [-0.3, -0.25) is 19.4 Å². The van der Waals surface area contributed by atoms with Gasteiger partial charge in [-0.2, -0.15) is 0 Å². The molecule has 0 saturated heterocycles. The van der Waals surface area contributed by atoms with Crippen LogP contribution in [0.25, 0.3) is 21.7 Å². The smallest absolute Gasteiger partial charge is 0.293 e. The second-order valence-electron chi connectivity index (χ2n) is 6.25. The summed E-state index contributed by atoms with van der Waals surface area (Å²) in [5.74, 6) is 0.199. The molecule has 0 atom stereocenters. The van der Waals surface area contributed by atoms with Crippen LogP contribution in [0.2, 0.25) is 0 Å². The minimum absolute atomic E-state index is 0.00879. The van der Waals surface area contributed by atoms with Crippen molar-refractivity contribution in [3.63, 3.8) is 0 Å². The molecule has 11 heteroatoms. The van der Waals surface area contributed by atoms with Crippen LogP contribution < -0.4 is 21.2 Å². The Balaban J connectivity index is 1.67. The van der Waals surface area contributed by atoms with Gasteiger partial charge in [0.25, 0.3) is 17.0 Å². The zero-order valence-corrected chi connectivity index (χ0v) is 16.8. The number of thiophene rings is 1. The van der Waals surface area contributed by atoms with Crippen molar-refractivity contribution in [1.29, 1.82) is 0 Å². The van der Waals surface area contributed by atoms with Crippen molar-refractivity contribution in [1.82, 2.24) is 30.2 Å². The Kier molecular flexibility index (Phi) is 5.11.